The van der Waals surface area contributed by atoms with Crippen molar-refractivity contribution in [3.8, 4) is 0 Å². The van der Waals surface area contributed by atoms with E-state index in [2.05, 4.69) is 40.3 Å². The summed E-state index contributed by atoms with van der Waals surface area (Å²) in [5.41, 5.74) is 14.8. The molecule has 2 heterocycles. The topological polar surface area (TPSA) is 70.9 Å². The van der Waals surface area contributed by atoms with Gasteiger partial charge >= 0.3 is 0 Å². The minimum absolute atomic E-state index is 0.0342. The smallest absolute Gasteiger partial charge is 0.145 e. The van der Waals surface area contributed by atoms with Gasteiger partial charge in [0.15, 0.2) is 0 Å². The Morgan fingerprint density at radius 2 is 2.04 bits per heavy atom. The van der Waals surface area contributed by atoms with E-state index in [1.807, 2.05) is 19.9 Å². The van der Waals surface area contributed by atoms with Crippen LogP contribution in [-0.4, -0.2) is 34.4 Å². The maximum atomic E-state index is 6.30. The van der Waals surface area contributed by atoms with Gasteiger partial charge in [0.25, 0.3) is 0 Å². The zero-order valence-electron chi connectivity index (χ0n) is 13.9. The van der Waals surface area contributed by atoms with E-state index in [4.69, 9.17) is 16.5 Å². The Labute approximate surface area is 138 Å². The molecule has 0 aliphatic carbocycles. The predicted molar refractivity (Wildman–Crippen MR) is 94.0 cm³/mol. The monoisotopic (exact) mass is 312 g/mol. The minimum Gasteiger partial charge on any atom is -0.355 e. The molecule has 0 aromatic heterocycles. The summed E-state index contributed by atoms with van der Waals surface area (Å²) in [6.07, 6.45) is 4.23. The highest BCUT2D eigenvalue weighted by Gasteiger charge is 2.37. The Bertz CT molecular complexity index is 593. The molecule has 5 nitrogen and oxygen atoms in total. The fraction of sp³-hybridized carbons (Fsp3) is 0.444. The first-order chi connectivity index (χ1) is 11.1. The number of hydrogen-bond donors (Lipinski definition) is 2. The van der Waals surface area contributed by atoms with Crippen LogP contribution in [0.1, 0.15) is 32.3 Å². The molecule has 23 heavy (non-hydrogen) atoms. The SMILES string of the molecule is CC1=CN(Cc2ccccc2)[C](C(C)N)C(N2CCCC2N)=N1. The van der Waals surface area contributed by atoms with E-state index in [1.54, 1.807) is 0 Å². The molecule has 1 fully saturated rings. The second kappa shape index (κ2) is 6.72. The Morgan fingerprint density at radius 1 is 1.30 bits per heavy atom. The van der Waals surface area contributed by atoms with Crippen molar-refractivity contribution >= 4 is 5.84 Å². The summed E-state index contributed by atoms with van der Waals surface area (Å²) < 4.78 is 0. The largest absolute Gasteiger partial charge is 0.355 e. The van der Waals surface area contributed by atoms with Crippen LogP contribution in [0.2, 0.25) is 0 Å². The maximum Gasteiger partial charge on any atom is 0.145 e. The highest BCUT2D eigenvalue weighted by atomic mass is 15.3. The van der Waals surface area contributed by atoms with Crippen LogP contribution in [0.15, 0.2) is 47.2 Å². The number of benzene rings is 1. The lowest BCUT2D eigenvalue weighted by Gasteiger charge is -2.40. The minimum atomic E-state index is -0.102. The molecule has 1 aromatic rings. The summed E-state index contributed by atoms with van der Waals surface area (Å²) in [6.45, 7) is 5.77. The van der Waals surface area contributed by atoms with Gasteiger partial charge in [-0.1, -0.05) is 30.3 Å². The fourth-order valence-electron chi connectivity index (χ4n) is 3.32. The number of nitrogens with zero attached hydrogens (tertiary/aromatic N) is 3. The van der Waals surface area contributed by atoms with Crippen molar-refractivity contribution in [1.82, 2.24) is 9.80 Å². The van der Waals surface area contributed by atoms with Crippen molar-refractivity contribution in [3.05, 3.63) is 53.8 Å². The lowest BCUT2D eigenvalue weighted by Crippen LogP contribution is -2.52. The number of allylic oxidation sites excluding steroid dienone is 1. The molecule has 1 saturated heterocycles. The lowest BCUT2D eigenvalue weighted by atomic mass is 10.0. The van der Waals surface area contributed by atoms with Crippen LogP contribution in [-0.2, 0) is 6.54 Å². The molecule has 5 heteroatoms. The molecule has 2 aliphatic heterocycles. The summed E-state index contributed by atoms with van der Waals surface area (Å²) in [5, 5.41) is 0. The molecule has 123 valence electrons. The Balaban J connectivity index is 1.89. The predicted octanol–water partition coefficient (Wildman–Crippen LogP) is 2.02. The highest BCUT2D eigenvalue weighted by molar-refractivity contribution is 5.97. The summed E-state index contributed by atoms with van der Waals surface area (Å²) in [5.74, 6) is 0.945. The molecule has 2 unspecified atom stereocenters. The molecule has 1 radical (unpaired) electrons. The number of nitrogens with two attached hydrogens (primary N) is 2. The molecule has 2 aliphatic rings. The van der Waals surface area contributed by atoms with E-state index in [1.165, 1.54) is 5.56 Å². The van der Waals surface area contributed by atoms with Crippen LogP contribution >= 0.6 is 0 Å². The third kappa shape index (κ3) is 3.41. The van der Waals surface area contributed by atoms with Crippen LogP contribution in [0.4, 0.5) is 0 Å². The van der Waals surface area contributed by atoms with Crippen molar-refractivity contribution in [2.45, 2.75) is 45.4 Å². The number of amidine groups is 1. The van der Waals surface area contributed by atoms with Crippen LogP contribution in [0.25, 0.3) is 0 Å². The normalized spacial score (nSPS) is 23.7. The molecule has 2 atom stereocenters. The van der Waals surface area contributed by atoms with Gasteiger partial charge in [-0.25, -0.2) is 4.99 Å². The highest BCUT2D eigenvalue weighted by Crippen LogP contribution is 2.29. The molecular formula is C18H26N5. The quantitative estimate of drug-likeness (QED) is 0.896. The van der Waals surface area contributed by atoms with Gasteiger partial charge in [-0.15, -0.1) is 0 Å². The van der Waals surface area contributed by atoms with E-state index in [0.717, 1.165) is 43.5 Å². The first kappa shape index (κ1) is 16.0. The zero-order valence-corrected chi connectivity index (χ0v) is 13.9. The number of likely N-dealkylation sites (tertiary alicyclic amines) is 1. The number of hydrogen-bond acceptors (Lipinski definition) is 5. The van der Waals surface area contributed by atoms with Crippen LogP contribution in [0, 0.1) is 6.04 Å². The summed E-state index contributed by atoms with van der Waals surface area (Å²) >= 11 is 0. The molecule has 0 spiro atoms. The van der Waals surface area contributed by atoms with E-state index < -0.39 is 0 Å². The Hall–Kier alpha value is -1.85. The van der Waals surface area contributed by atoms with Crippen molar-refractivity contribution in [3.63, 3.8) is 0 Å². The first-order valence-corrected chi connectivity index (χ1v) is 8.29. The molecular weight excluding hydrogens is 286 g/mol. The number of aliphatic imine (C=N–C) groups is 1. The van der Waals surface area contributed by atoms with Crippen LogP contribution in [0.3, 0.4) is 0 Å². The van der Waals surface area contributed by atoms with E-state index >= 15 is 0 Å². The Kier molecular flexibility index (Phi) is 4.68. The molecule has 0 amide bonds. The third-order valence-corrected chi connectivity index (χ3v) is 4.36. The van der Waals surface area contributed by atoms with Gasteiger partial charge in [0.1, 0.15) is 11.9 Å². The maximum absolute atomic E-state index is 6.30. The van der Waals surface area contributed by atoms with Crippen molar-refractivity contribution in [2.75, 3.05) is 6.54 Å². The summed E-state index contributed by atoms with van der Waals surface area (Å²) in [7, 11) is 0. The van der Waals surface area contributed by atoms with Gasteiger partial charge in [0, 0.05) is 25.3 Å². The van der Waals surface area contributed by atoms with Crippen molar-refractivity contribution in [1.29, 1.82) is 0 Å². The van der Waals surface area contributed by atoms with Gasteiger partial charge < -0.3 is 21.3 Å². The van der Waals surface area contributed by atoms with Crippen molar-refractivity contribution in [2.24, 2.45) is 16.5 Å². The average Bonchev–Trinajstić information content (AvgIpc) is 2.93. The fourth-order valence-corrected chi connectivity index (χ4v) is 3.32. The van der Waals surface area contributed by atoms with E-state index in [9.17, 15) is 0 Å². The van der Waals surface area contributed by atoms with E-state index in [0.29, 0.717) is 0 Å². The molecule has 0 bridgehead atoms. The van der Waals surface area contributed by atoms with Crippen LogP contribution in [0.5, 0.6) is 0 Å². The second-order valence-corrected chi connectivity index (χ2v) is 6.40. The van der Waals surface area contributed by atoms with Gasteiger partial charge in [-0.2, -0.15) is 0 Å². The van der Waals surface area contributed by atoms with Gasteiger partial charge in [0.2, 0.25) is 0 Å². The second-order valence-electron chi connectivity index (χ2n) is 6.40. The van der Waals surface area contributed by atoms with Crippen molar-refractivity contribution < 1.29 is 0 Å². The van der Waals surface area contributed by atoms with E-state index in [-0.39, 0.29) is 12.2 Å². The number of rotatable bonds is 3. The Morgan fingerprint density at radius 3 is 2.65 bits per heavy atom. The average molecular weight is 312 g/mol. The third-order valence-electron chi connectivity index (χ3n) is 4.36. The van der Waals surface area contributed by atoms with Gasteiger partial charge in [-0.3, -0.25) is 0 Å². The molecule has 4 N–H and O–H groups in total. The summed E-state index contributed by atoms with van der Waals surface area (Å²) in [4.78, 5) is 9.20. The molecule has 0 saturated carbocycles. The molecule has 1 aromatic carbocycles. The van der Waals surface area contributed by atoms with Gasteiger partial charge in [0.05, 0.1) is 11.9 Å². The standard InChI is InChI=1S/C18H26N5/c1-13-11-22(12-15-7-4-3-5-8-15)17(14(2)19)18(21-13)23-10-6-9-16(23)20/h3-5,7-8,11,14,16H,6,9-10,12,19-20H2,1-2H3. The first-order valence-electron chi connectivity index (χ1n) is 8.29. The van der Waals surface area contributed by atoms with Gasteiger partial charge in [-0.05, 0) is 32.3 Å². The lowest BCUT2D eigenvalue weighted by molar-refractivity contribution is 0.327. The molecule has 3 rings (SSSR count). The summed E-state index contributed by atoms with van der Waals surface area (Å²) in [6, 6.07) is 11.4. The van der Waals surface area contributed by atoms with Crippen LogP contribution < -0.4 is 11.5 Å². The zero-order chi connectivity index (χ0) is 16.4.